The van der Waals surface area contributed by atoms with Crippen LogP contribution in [-0.4, -0.2) is 34.3 Å². The van der Waals surface area contributed by atoms with Crippen LogP contribution in [0, 0.1) is 11.2 Å². The van der Waals surface area contributed by atoms with Gasteiger partial charge in [0.2, 0.25) is 0 Å². The predicted molar refractivity (Wildman–Crippen MR) is 149 cm³/mol. The average Bonchev–Trinajstić information content (AvgIpc) is 3.69. The lowest BCUT2D eigenvalue weighted by atomic mass is 9.63. The van der Waals surface area contributed by atoms with Gasteiger partial charge in [-0.2, -0.15) is 13.2 Å². The molecule has 1 aliphatic heterocycles. The Morgan fingerprint density at radius 2 is 1.83 bits per heavy atom. The zero-order valence-corrected chi connectivity index (χ0v) is 22.9. The fourth-order valence-corrected chi connectivity index (χ4v) is 6.54. The zero-order chi connectivity index (χ0) is 29.4. The van der Waals surface area contributed by atoms with Crippen molar-refractivity contribution in [3.63, 3.8) is 0 Å². The molecule has 4 aromatic rings. The van der Waals surface area contributed by atoms with Gasteiger partial charge in [-0.25, -0.2) is 14.2 Å². The van der Waals surface area contributed by atoms with E-state index in [4.69, 9.17) is 16.1 Å². The highest BCUT2D eigenvalue weighted by Crippen LogP contribution is 2.56. The van der Waals surface area contributed by atoms with Gasteiger partial charge in [0, 0.05) is 35.6 Å². The van der Waals surface area contributed by atoms with Crippen LogP contribution in [0.15, 0.2) is 53.1 Å². The summed E-state index contributed by atoms with van der Waals surface area (Å²) in [6, 6.07) is 10.4. The molecule has 0 radical (unpaired) electrons. The predicted octanol–water partition coefficient (Wildman–Crippen LogP) is 8.35. The summed E-state index contributed by atoms with van der Waals surface area (Å²) in [6.45, 7) is 1.38. The second-order valence-corrected chi connectivity index (χ2v) is 11.8. The Kier molecular flexibility index (Phi) is 6.13. The molecule has 1 saturated carbocycles. The standard InChI is InChI=1S/C31H24ClF4N3O3/c32-21-2-1-3-22(33)25(21)27-24(28(42-38-27)16-4-5-16)18-14-30(15-18)8-10-39(11-9-30)19-6-7-23-17(12-19)13-20(31(34,35)36)26(37-23)29(40)41/h1-3,6-7,12-14,16H,4-5,8-11,15H2,(H,40,41). The van der Waals surface area contributed by atoms with Crippen molar-refractivity contribution in [2.45, 2.75) is 44.2 Å². The molecule has 0 bridgehead atoms. The molecule has 7 rings (SSSR count). The largest absolute Gasteiger partial charge is 0.476 e. The fraction of sp³-hybridized carbons (Fsp3) is 0.323. The summed E-state index contributed by atoms with van der Waals surface area (Å²) in [7, 11) is 0. The van der Waals surface area contributed by atoms with Crippen LogP contribution >= 0.6 is 11.6 Å². The number of hydrogen-bond acceptors (Lipinski definition) is 5. The van der Waals surface area contributed by atoms with Gasteiger partial charge in [0.1, 0.15) is 17.3 Å². The Morgan fingerprint density at radius 1 is 1.10 bits per heavy atom. The van der Waals surface area contributed by atoms with Gasteiger partial charge in [-0.1, -0.05) is 28.9 Å². The van der Waals surface area contributed by atoms with Gasteiger partial charge in [0.15, 0.2) is 5.69 Å². The summed E-state index contributed by atoms with van der Waals surface area (Å²) in [5.41, 5.74) is 1.24. The topological polar surface area (TPSA) is 79.5 Å². The summed E-state index contributed by atoms with van der Waals surface area (Å²) >= 11 is 6.38. The van der Waals surface area contributed by atoms with Crippen molar-refractivity contribution in [2.24, 2.45) is 5.41 Å². The highest BCUT2D eigenvalue weighted by atomic mass is 35.5. The van der Waals surface area contributed by atoms with Crippen LogP contribution in [0.2, 0.25) is 5.02 Å². The van der Waals surface area contributed by atoms with E-state index in [1.54, 1.807) is 30.3 Å². The molecule has 0 amide bonds. The van der Waals surface area contributed by atoms with E-state index >= 15 is 0 Å². The van der Waals surface area contributed by atoms with Crippen molar-refractivity contribution in [3.8, 4) is 11.3 Å². The van der Waals surface area contributed by atoms with Gasteiger partial charge >= 0.3 is 12.1 Å². The normalized spacial score (nSPS) is 18.3. The van der Waals surface area contributed by atoms with Crippen LogP contribution in [0.1, 0.15) is 65.4 Å². The van der Waals surface area contributed by atoms with E-state index < -0.39 is 29.2 Å². The van der Waals surface area contributed by atoms with Crippen LogP contribution < -0.4 is 4.90 Å². The Hall–Kier alpha value is -3.92. The lowest BCUT2D eigenvalue weighted by Gasteiger charge is -2.47. The number of carboxylic acids is 1. The molecule has 2 aliphatic carbocycles. The number of benzene rings is 2. The molecule has 6 nitrogen and oxygen atoms in total. The van der Waals surface area contributed by atoms with Gasteiger partial charge in [0.05, 0.1) is 21.7 Å². The van der Waals surface area contributed by atoms with Gasteiger partial charge in [-0.05, 0) is 79.5 Å². The third kappa shape index (κ3) is 4.52. The maximum absolute atomic E-state index is 14.8. The number of aromatic nitrogens is 2. The van der Waals surface area contributed by atoms with Crippen molar-refractivity contribution >= 4 is 39.7 Å². The van der Waals surface area contributed by atoms with Crippen molar-refractivity contribution in [3.05, 3.63) is 82.0 Å². The number of allylic oxidation sites excluding steroid dienone is 2. The Morgan fingerprint density at radius 3 is 2.48 bits per heavy atom. The maximum atomic E-state index is 14.8. The second-order valence-electron chi connectivity index (χ2n) is 11.4. The first-order valence-corrected chi connectivity index (χ1v) is 14.1. The zero-order valence-electron chi connectivity index (χ0n) is 22.1. The van der Waals surface area contributed by atoms with E-state index in [0.29, 0.717) is 18.8 Å². The molecule has 3 aliphatic rings. The molecule has 216 valence electrons. The van der Waals surface area contributed by atoms with E-state index in [0.717, 1.165) is 60.8 Å². The molecule has 11 heteroatoms. The number of anilines is 1. The number of carbonyl (C=O) groups is 1. The van der Waals surface area contributed by atoms with Gasteiger partial charge in [-0.3, -0.25) is 0 Å². The van der Waals surface area contributed by atoms with Crippen molar-refractivity contribution in [1.29, 1.82) is 0 Å². The number of halogens is 5. The van der Waals surface area contributed by atoms with E-state index in [9.17, 15) is 27.5 Å². The van der Waals surface area contributed by atoms with Gasteiger partial charge in [0.25, 0.3) is 0 Å². The SMILES string of the molecule is O=C(O)c1nc2ccc(N3CCC4(C=C(c5c(-c6c(F)cccc6Cl)noc5C5CC5)C4)CC3)cc2cc1C(F)(F)F. The first-order chi connectivity index (χ1) is 20.0. The Bertz CT molecular complexity index is 1770. The molecule has 3 heterocycles. The van der Waals surface area contributed by atoms with Crippen LogP contribution in [0.3, 0.4) is 0 Å². The molecule has 2 aromatic heterocycles. The van der Waals surface area contributed by atoms with Crippen LogP contribution in [-0.2, 0) is 6.18 Å². The summed E-state index contributed by atoms with van der Waals surface area (Å²) in [5, 5.41) is 14.0. The lowest BCUT2D eigenvalue weighted by Crippen LogP contribution is -2.42. The van der Waals surface area contributed by atoms with Crippen molar-refractivity contribution in [2.75, 3.05) is 18.0 Å². The first-order valence-electron chi connectivity index (χ1n) is 13.7. The molecule has 2 fully saturated rings. The average molecular weight is 598 g/mol. The number of fused-ring (bicyclic) bond motifs is 1. The molecule has 42 heavy (non-hydrogen) atoms. The molecule has 2 aromatic carbocycles. The third-order valence-corrected chi connectivity index (χ3v) is 8.96. The number of piperidine rings is 1. The maximum Gasteiger partial charge on any atom is 0.418 e. The number of nitrogens with zero attached hydrogens (tertiary/aromatic N) is 3. The minimum Gasteiger partial charge on any atom is -0.476 e. The van der Waals surface area contributed by atoms with Crippen molar-refractivity contribution in [1.82, 2.24) is 10.1 Å². The number of aromatic carboxylic acids is 1. The van der Waals surface area contributed by atoms with Crippen LogP contribution in [0.25, 0.3) is 27.7 Å². The van der Waals surface area contributed by atoms with Crippen molar-refractivity contribution < 1.29 is 32.0 Å². The minimum absolute atomic E-state index is 0.0432. The summed E-state index contributed by atoms with van der Waals surface area (Å²) < 4.78 is 61.2. The van der Waals surface area contributed by atoms with E-state index in [1.807, 2.05) is 0 Å². The molecule has 1 saturated heterocycles. The van der Waals surface area contributed by atoms with E-state index in [-0.39, 0.29) is 32.8 Å². The number of alkyl halides is 3. The second kappa shape index (κ2) is 9.55. The smallest absolute Gasteiger partial charge is 0.418 e. The fourth-order valence-electron chi connectivity index (χ4n) is 6.28. The highest BCUT2D eigenvalue weighted by molar-refractivity contribution is 6.33. The quantitative estimate of drug-likeness (QED) is 0.233. The van der Waals surface area contributed by atoms with Gasteiger partial charge < -0.3 is 14.5 Å². The Labute approximate surface area is 242 Å². The molecular formula is C31H24ClF4N3O3. The monoisotopic (exact) mass is 597 g/mol. The lowest BCUT2D eigenvalue weighted by molar-refractivity contribution is -0.138. The van der Waals surface area contributed by atoms with Crippen LogP contribution in [0.5, 0.6) is 0 Å². The molecule has 1 N–H and O–H groups in total. The Balaban J connectivity index is 1.14. The number of hydrogen-bond donors (Lipinski definition) is 1. The summed E-state index contributed by atoms with van der Waals surface area (Å²) in [4.78, 5) is 17.3. The molecule has 0 atom stereocenters. The number of rotatable bonds is 5. The highest BCUT2D eigenvalue weighted by Gasteiger charge is 2.44. The number of carboxylic acid groups (broad SMARTS) is 1. The molecular weight excluding hydrogens is 574 g/mol. The van der Waals surface area contributed by atoms with Crippen LogP contribution in [0.4, 0.5) is 23.2 Å². The summed E-state index contributed by atoms with van der Waals surface area (Å²) in [5.74, 6) is -1.11. The molecule has 0 unspecified atom stereocenters. The first kappa shape index (κ1) is 26.9. The summed E-state index contributed by atoms with van der Waals surface area (Å²) in [6.07, 6.45) is 1.87. The van der Waals surface area contributed by atoms with E-state index in [1.165, 1.54) is 6.07 Å². The van der Waals surface area contributed by atoms with E-state index in [2.05, 4.69) is 21.1 Å². The van der Waals surface area contributed by atoms with Gasteiger partial charge in [-0.15, -0.1) is 0 Å². The molecule has 1 spiro atoms. The minimum atomic E-state index is -4.84. The third-order valence-electron chi connectivity index (χ3n) is 8.64. The number of pyridine rings is 1.